The fourth-order valence-electron chi connectivity index (χ4n) is 4.04. The average molecular weight is 250 g/mol. The maximum atomic E-state index is 11.8. The molecule has 0 radical (unpaired) electrons. The first-order chi connectivity index (χ1) is 8.42. The number of carbonyl (C=O) groups excluding carboxylic acids is 2. The lowest BCUT2D eigenvalue weighted by atomic mass is 9.72. The molecule has 4 nitrogen and oxygen atoms in total. The minimum absolute atomic E-state index is 0.0633. The number of carbonyl (C=O) groups is 2. The van der Waals surface area contributed by atoms with Gasteiger partial charge >= 0.3 is 11.9 Å². The number of fused-ring (bicyclic) bond motifs is 5. The highest BCUT2D eigenvalue weighted by atomic mass is 16.6. The van der Waals surface area contributed by atoms with Crippen molar-refractivity contribution in [3.63, 3.8) is 0 Å². The lowest BCUT2D eigenvalue weighted by Crippen LogP contribution is -2.38. The molecule has 2 aliphatic carbocycles. The summed E-state index contributed by atoms with van der Waals surface area (Å²) in [6, 6.07) is 0. The molecule has 5 unspecified atom stereocenters. The van der Waals surface area contributed by atoms with Gasteiger partial charge in [0.05, 0.1) is 12.5 Å². The Balaban J connectivity index is 1.80. The Labute approximate surface area is 106 Å². The van der Waals surface area contributed by atoms with E-state index < -0.39 is 0 Å². The van der Waals surface area contributed by atoms with Gasteiger partial charge in [0.2, 0.25) is 0 Å². The van der Waals surface area contributed by atoms with Crippen molar-refractivity contribution >= 4 is 11.9 Å². The van der Waals surface area contributed by atoms with Gasteiger partial charge in [0.1, 0.15) is 6.10 Å². The van der Waals surface area contributed by atoms with Crippen LogP contribution in [0.1, 0.15) is 26.7 Å². The van der Waals surface area contributed by atoms with E-state index in [-0.39, 0.29) is 35.3 Å². The van der Waals surface area contributed by atoms with Crippen LogP contribution >= 0.6 is 0 Å². The number of hydrogen-bond donors (Lipinski definition) is 0. The van der Waals surface area contributed by atoms with E-state index >= 15 is 0 Å². The van der Waals surface area contributed by atoms with Crippen molar-refractivity contribution in [3.05, 3.63) is 12.2 Å². The Morgan fingerprint density at radius 3 is 2.89 bits per heavy atom. The number of hydrogen-bond acceptors (Lipinski definition) is 4. The lowest BCUT2D eigenvalue weighted by molar-refractivity contribution is -0.153. The highest BCUT2D eigenvalue weighted by Crippen LogP contribution is 2.63. The van der Waals surface area contributed by atoms with E-state index in [2.05, 4.69) is 13.5 Å². The molecule has 0 amide bonds. The summed E-state index contributed by atoms with van der Waals surface area (Å²) in [6.45, 7) is 7.96. The van der Waals surface area contributed by atoms with Gasteiger partial charge in [0.25, 0.3) is 0 Å². The van der Waals surface area contributed by atoms with Gasteiger partial charge in [0.15, 0.2) is 0 Å². The second-order valence-electron chi connectivity index (χ2n) is 6.21. The summed E-state index contributed by atoms with van der Waals surface area (Å²) < 4.78 is 10.7. The van der Waals surface area contributed by atoms with Crippen molar-refractivity contribution in [2.24, 2.45) is 23.2 Å². The van der Waals surface area contributed by atoms with Crippen LogP contribution in [0, 0.1) is 23.2 Å². The van der Waals surface area contributed by atoms with Crippen LogP contribution in [0.15, 0.2) is 12.2 Å². The summed E-state index contributed by atoms with van der Waals surface area (Å²) in [4.78, 5) is 23.4. The molecule has 3 rings (SSSR count). The maximum Gasteiger partial charge on any atom is 0.333 e. The number of ether oxygens (including phenoxy) is 2. The summed E-state index contributed by atoms with van der Waals surface area (Å²) in [5.41, 5.74) is 0.495. The first kappa shape index (κ1) is 11.8. The summed E-state index contributed by atoms with van der Waals surface area (Å²) in [6.07, 6.45) is 1.66. The van der Waals surface area contributed by atoms with Crippen molar-refractivity contribution in [3.8, 4) is 0 Å². The molecular weight excluding hydrogens is 232 g/mol. The summed E-state index contributed by atoms with van der Waals surface area (Å²) >= 11 is 0. The van der Waals surface area contributed by atoms with Crippen LogP contribution in [-0.2, 0) is 19.1 Å². The standard InChI is InChI=1S/C14H18O4/c1-7(2)12(15)18-10-5-14(3)4-8(10)11-9(14)6-17-13(11)16/h8-11H,1,4-6H2,2-3H3. The topological polar surface area (TPSA) is 52.6 Å². The first-order valence-electron chi connectivity index (χ1n) is 6.45. The fraction of sp³-hybridized carbons (Fsp3) is 0.714. The van der Waals surface area contributed by atoms with Gasteiger partial charge in [-0.3, -0.25) is 4.79 Å². The van der Waals surface area contributed by atoms with Gasteiger partial charge in [-0.2, -0.15) is 0 Å². The van der Waals surface area contributed by atoms with Gasteiger partial charge in [-0.25, -0.2) is 4.79 Å². The van der Waals surface area contributed by atoms with Crippen molar-refractivity contribution < 1.29 is 19.1 Å². The quantitative estimate of drug-likeness (QED) is 0.553. The number of rotatable bonds is 2. The van der Waals surface area contributed by atoms with Gasteiger partial charge in [-0.15, -0.1) is 0 Å². The van der Waals surface area contributed by atoms with E-state index in [4.69, 9.17) is 9.47 Å². The molecule has 5 atom stereocenters. The monoisotopic (exact) mass is 250 g/mol. The molecule has 0 spiro atoms. The minimum atomic E-state index is -0.348. The zero-order valence-corrected chi connectivity index (χ0v) is 10.8. The van der Waals surface area contributed by atoms with Crippen LogP contribution in [-0.4, -0.2) is 24.6 Å². The van der Waals surface area contributed by atoms with Crippen LogP contribution in [0.2, 0.25) is 0 Å². The van der Waals surface area contributed by atoms with E-state index in [0.29, 0.717) is 18.1 Å². The van der Waals surface area contributed by atoms with Crippen LogP contribution in [0.5, 0.6) is 0 Å². The van der Waals surface area contributed by atoms with Crippen LogP contribution in [0.3, 0.4) is 0 Å². The molecule has 1 saturated heterocycles. The van der Waals surface area contributed by atoms with E-state index in [1.165, 1.54) is 0 Å². The fourth-order valence-corrected chi connectivity index (χ4v) is 4.04. The molecule has 0 aromatic rings. The third-order valence-corrected chi connectivity index (χ3v) is 4.92. The second kappa shape index (κ2) is 3.59. The molecule has 1 aliphatic heterocycles. The maximum absolute atomic E-state index is 11.8. The summed E-state index contributed by atoms with van der Waals surface area (Å²) in [5, 5.41) is 0. The van der Waals surface area contributed by atoms with Gasteiger partial charge < -0.3 is 9.47 Å². The Morgan fingerprint density at radius 2 is 2.22 bits per heavy atom. The Morgan fingerprint density at radius 1 is 1.50 bits per heavy atom. The van der Waals surface area contributed by atoms with E-state index in [9.17, 15) is 9.59 Å². The summed E-state index contributed by atoms with van der Waals surface area (Å²) in [7, 11) is 0. The normalized spacial score (nSPS) is 44.7. The molecule has 2 saturated carbocycles. The van der Waals surface area contributed by atoms with Gasteiger partial charge in [-0.05, 0) is 25.2 Å². The molecule has 3 aliphatic rings. The van der Waals surface area contributed by atoms with E-state index in [0.717, 1.165) is 12.8 Å². The smallest absolute Gasteiger partial charge is 0.333 e. The predicted octanol–water partition coefficient (Wildman–Crippen LogP) is 1.69. The van der Waals surface area contributed by atoms with E-state index in [1.54, 1.807) is 6.92 Å². The van der Waals surface area contributed by atoms with Crippen LogP contribution in [0.25, 0.3) is 0 Å². The third kappa shape index (κ3) is 1.44. The minimum Gasteiger partial charge on any atom is -0.465 e. The second-order valence-corrected chi connectivity index (χ2v) is 6.21. The zero-order valence-electron chi connectivity index (χ0n) is 10.8. The van der Waals surface area contributed by atoms with Crippen molar-refractivity contribution in [1.29, 1.82) is 0 Å². The molecule has 2 bridgehead atoms. The van der Waals surface area contributed by atoms with Crippen molar-refractivity contribution in [2.75, 3.05) is 6.61 Å². The Bertz CT molecular complexity index is 441. The van der Waals surface area contributed by atoms with E-state index in [1.807, 2.05) is 0 Å². The zero-order chi connectivity index (χ0) is 13.1. The molecular formula is C14H18O4. The van der Waals surface area contributed by atoms with Crippen molar-refractivity contribution in [1.82, 2.24) is 0 Å². The SMILES string of the molecule is C=C(C)C(=O)OC1CC2(C)CC1C1C(=O)OCC12. The highest BCUT2D eigenvalue weighted by Gasteiger charge is 2.65. The highest BCUT2D eigenvalue weighted by molar-refractivity contribution is 5.87. The molecule has 0 N–H and O–H groups in total. The Kier molecular flexibility index (Phi) is 2.34. The third-order valence-electron chi connectivity index (χ3n) is 4.92. The molecule has 1 heterocycles. The number of esters is 2. The molecule has 98 valence electrons. The lowest BCUT2D eigenvalue weighted by Gasteiger charge is -2.33. The molecule has 18 heavy (non-hydrogen) atoms. The Hall–Kier alpha value is -1.32. The average Bonchev–Trinajstić information content (AvgIpc) is 2.88. The van der Waals surface area contributed by atoms with Gasteiger partial charge in [0, 0.05) is 17.4 Å². The summed E-state index contributed by atoms with van der Waals surface area (Å²) in [5.74, 6) is -0.0661. The predicted molar refractivity (Wildman–Crippen MR) is 63.5 cm³/mol. The molecule has 3 fully saturated rings. The van der Waals surface area contributed by atoms with Gasteiger partial charge in [-0.1, -0.05) is 13.5 Å². The molecule has 0 aromatic carbocycles. The molecule has 4 heteroatoms. The van der Waals surface area contributed by atoms with Crippen LogP contribution < -0.4 is 0 Å². The van der Waals surface area contributed by atoms with Crippen molar-refractivity contribution in [2.45, 2.75) is 32.8 Å². The van der Waals surface area contributed by atoms with Crippen LogP contribution in [0.4, 0.5) is 0 Å². The largest absolute Gasteiger partial charge is 0.465 e. The first-order valence-corrected chi connectivity index (χ1v) is 6.45. The molecule has 0 aromatic heterocycles. The number of cyclic esters (lactones) is 1.